The van der Waals surface area contributed by atoms with E-state index >= 15 is 0 Å². The fraction of sp³-hybridized carbons (Fsp3) is 0.846. The van der Waals surface area contributed by atoms with E-state index in [4.69, 9.17) is 15.7 Å². The van der Waals surface area contributed by atoms with Crippen LogP contribution >= 0.6 is 0 Å². The topological polar surface area (TPSA) is 100 Å². The molecule has 0 radical (unpaired) electrons. The molecule has 0 spiro atoms. The second-order valence-corrected chi connectivity index (χ2v) is 5.11. The number of nitrogens with one attached hydrogen (secondary N) is 1. The molecule has 1 saturated heterocycles. The summed E-state index contributed by atoms with van der Waals surface area (Å²) in [5, 5.41) is 14.0. The summed E-state index contributed by atoms with van der Waals surface area (Å²) in [5.41, 5.74) is 7.78. The van der Waals surface area contributed by atoms with E-state index in [9.17, 15) is 4.79 Å². The number of oxime groups is 1. The van der Waals surface area contributed by atoms with Crippen molar-refractivity contribution in [2.75, 3.05) is 26.3 Å². The van der Waals surface area contributed by atoms with Gasteiger partial charge in [-0.15, -0.1) is 0 Å². The van der Waals surface area contributed by atoms with Gasteiger partial charge in [0.2, 0.25) is 5.91 Å². The number of carbonyl (C=O) groups excluding carboxylic acids is 1. The second kappa shape index (κ2) is 8.06. The summed E-state index contributed by atoms with van der Waals surface area (Å²) in [6, 6.07) is 0. The Balaban J connectivity index is 2.86. The zero-order valence-electron chi connectivity index (χ0n) is 12.4. The monoisotopic (exact) mass is 286 g/mol. The Kier molecular flexibility index (Phi) is 6.74. The zero-order valence-corrected chi connectivity index (χ0v) is 12.4. The quantitative estimate of drug-likeness (QED) is 0.277. The molecule has 1 amide bonds. The van der Waals surface area contributed by atoms with Gasteiger partial charge in [0.15, 0.2) is 5.84 Å². The summed E-state index contributed by atoms with van der Waals surface area (Å²) in [7, 11) is 0. The molecule has 20 heavy (non-hydrogen) atoms. The van der Waals surface area contributed by atoms with Crippen molar-refractivity contribution in [2.45, 2.75) is 39.5 Å². The lowest BCUT2D eigenvalue weighted by atomic mass is 9.77. The van der Waals surface area contributed by atoms with E-state index in [0.29, 0.717) is 39.1 Å². The minimum atomic E-state index is -0.934. The van der Waals surface area contributed by atoms with Crippen LogP contribution in [0.1, 0.15) is 39.5 Å². The maximum absolute atomic E-state index is 12.6. The number of ether oxygens (including phenoxy) is 1. The molecule has 0 aromatic carbocycles. The van der Waals surface area contributed by atoms with Crippen LogP contribution in [-0.4, -0.2) is 48.3 Å². The molecule has 1 rings (SSSR count). The van der Waals surface area contributed by atoms with E-state index < -0.39 is 5.41 Å². The highest BCUT2D eigenvalue weighted by Gasteiger charge is 2.42. The van der Waals surface area contributed by atoms with Crippen LogP contribution in [0.2, 0.25) is 0 Å². The summed E-state index contributed by atoms with van der Waals surface area (Å²) in [6.45, 7) is 6.46. The number of nitrogens with two attached hydrogens (primary N) is 1. The lowest BCUT2D eigenvalue weighted by Gasteiger charge is -2.35. The molecule has 1 aliphatic rings. The van der Waals surface area contributed by atoms with Crippen LogP contribution in [0.15, 0.2) is 5.16 Å². The number of amidine groups is 1. The van der Waals surface area contributed by atoms with Gasteiger partial charge >= 0.3 is 0 Å². The normalized spacial score (nSPS) is 18.0. The molecular weight excluding hydrogens is 260 g/mol. The van der Waals surface area contributed by atoms with Crippen LogP contribution in [0.3, 0.4) is 0 Å². The van der Waals surface area contributed by atoms with Crippen LogP contribution in [0.4, 0.5) is 0 Å². The Morgan fingerprint density at radius 2 is 1.90 bits per heavy atom. The molecule has 0 aliphatic carbocycles. The Hall–Kier alpha value is -1.34. The number of hydrazine groups is 1. The van der Waals surface area contributed by atoms with Crippen molar-refractivity contribution < 1.29 is 14.7 Å². The van der Waals surface area contributed by atoms with E-state index in [-0.39, 0.29) is 11.7 Å². The molecule has 0 saturated carbocycles. The maximum atomic E-state index is 12.6. The Labute approximate surface area is 120 Å². The molecule has 7 nitrogen and oxygen atoms in total. The molecule has 4 N–H and O–H groups in total. The first-order valence-electron chi connectivity index (χ1n) is 7.22. The average molecular weight is 286 g/mol. The number of rotatable bonds is 7. The average Bonchev–Trinajstić information content (AvgIpc) is 2.47. The third-order valence-electron chi connectivity index (χ3n) is 3.66. The number of morpholine rings is 1. The van der Waals surface area contributed by atoms with Gasteiger partial charge in [0.05, 0.1) is 13.2 Å². The van der Waals surface area contributed by atoms with Crippen LogP contribution in [0.5, 0.6) is 0 Å². The van der Waals surface area contributed by atoms with E-state index in [0.717, 1.165) is 12.8 Å². The number of nitrogens with zero attached hydrogens (tertiary/aromatic N) is 2. The number of amides is 1. The van der Waals surface area contributed by atoms with Gasteiger partial charge in [0.1, 0.15) is 5.41 Å². The van der Waals surface area contributed by atoms with Crippen LogP contribution < -0.4 is 11.2 Å². The fourth-order valence-electron chi connectivity index (χ4n) is 2.60. The van der Waals surface area contributed by atoms with Crippen molar-refractivity contribution in [3.8, 4) is 0 Å². The van der Waals surface area contributed by atoms with Crippen molar-refractivity contribution >= 4 is 11.7 Å². The van der Waals surface area contributed by atoms with Gasteiger partial charge in [-0.05, 0) is 12.8 Å². The third-order valence-corrected chi connectivity index (χ3v) is 3.66. The summed E-state index contributed by atoms with van der Waals surface area (Å²) in [6.07, 6.45) is 2.69. The Morgan fingerprint density at radius 1 is 1.35 bits per heavy atom. The van der Waals surface area contributed by atoms with Crippen molar-refractivity contribution in [3.63, 3.8) is 0 Å². The number of hydrogen-bond acceptors (Lipinski definition) is 5. The van der Waals surface area contributed by atoms with Crippen LogP contribution in [-0.2, 0) is 9.53 Å². The lowest BCUT2D eigenvalue weighted by molar-refractivity contribution is -0.135. The summed E-state index contributed by atoms with van der Waals surface area (Å²) < 4.78 is 5.25. The highest BCUT2D eigenvalue weighted by molar-refractivity contribution is 6.06. The van der Waals surface area contributed by atoms with E-state index in [1.165, 1.54) is 0 Å². The van der Waals surface area contributed by atoms with Crippen molar-refractivity contribution in [1.82, 2.24) is 10.4 Å². The maximum Gasteiger partial charge on any atom is 0.248 e. The second-order valence-electron chi connectivity index (χ2n) is 5.11. The van der Waals surface area contributed by atoms with Gasteiger partial charge < -0.3 is 15.7 Å². The molecular formula is C13H26N4O3. The summed E-state index contributed by atoms with van der Waals surface area (Å²) in [5.74, 6) is -0.203. The smallest absolute Gasteiger partial charge is 0.248 e. The van der Waals surface area contributed by atoms with Gasteiger partial charge in [-0.25, -0.2) is 5.01 Å². The van der Waals surface area contributed by atoms with Crippen molar-refractivity contribution in [1.29, 1.82) is 0 Å². The van der Waals surface area contributed by atoms with Gasteiger partial charge in [-0.3, -0.25) is 10.2 Å². The van der Waals surface area contributed by atoms with Gasteiger partial charge in [-0.2, -0.15) is 0 Å². The third kappa shape index (κ3) is 3.83. The first-order chi connectivity index (χ1) is 9.60. The first-order valence-corrected chi connectivity index (χ1v) is 7.22. The van der Waals surface area contributed by atoms with Gasteiger partial charge in [0.25, 0.3) is 0 Å². The predicted molar refractivity (Wildman–Crippen MR) is 76.2 cm³/mol. The van der Waals surface area contributed by atoms with Crippen molar-refractivity contribution in [3.05, 3.63) is 0 Å². The van der Waals surface area contributed by atoms with Gasteiger partial charge in [0, 0.05) is 13.1 Å². The van der Waals surface area contributed by atoms with E-state index in [1.54, 1.807) is 0 Å². The van der Waals surface area contributed by atoms with E-state index in [1.807, 2.05) is 18.9 Å². The SMILES string of the molecule is CCCC(CCC)(C(=O)NN1CCOCC1)C(N)=NO. The molecule has 0 unspecified atom stereocenters. The largest absolute Gasteiger partial charge is 0.409 e. The molecule has 0 aromatic heterocycles. The van der Waals surface area contributed by atoms with Gasteiger partial charge in [-0.1, -0.05) is 31.8 Å². The molecule has 0 atom stereocenters. The minimum absolute atomic E-state index is 0.00744. The minimum Gasteiger partial charge on any atom is -0.409 e. The Bertz CT molecular complexity index is 335. The highest BCUT2D eigenvalue weighted by Crippen LogP contribution is 2.31. The summed E-state index contributed by atoms with van der Waals surface area (Å²) >= 11 is 0. The van der Waals surface area contributed by atoms with Crippen LogP contribution in [0.25, 0.3) is 0 Å². The standard InChI is InChI=1S/C13H26N4O3/c1-3-5-13(6-4-2,11(14)16-19)12(18)15-17-7-9-20-10-8-17/h19H,3-10H2,1-2H3,(H2,14,16)(H,15,18). The van der Waals surface area contributed by atoms with Crippen molar-refractivity contribution in [2.24, 2.45) is 16.3 Å². The molecule has 1 fully saturated rings. The molecule has 1 heterocycles. The summed E-state index contributed by atoms with van der Waals surface area (Å²) in [4.78, 5) is 12.6. The fourth-order valence-corrected chi connectivity index (χ4v) is 2.60. The molecule has 1 aliphatic heterocycles. The molecule has 0 aromatic rings. The predicted octanol–water partition coefficient (Wildman–Crippen LogP) is 0.683. The Morgan fingerprint density at radius 3 is 2.35 bits per heavy atom. The lowest BCUT2D eigenvalue weighted by Crippen LogP contribution is -2.56. The number of carbonyl (C=O) groups is 1. The number of hydrogen-bond donors (Lipinski definition) is 3. The zero-order chi connectivity index (χ0) is 15.0. The highest BCUT2D eigenvalue weighted by atomic mass is 16.5. The molecule has 0 bridgehead atoms. The van der Waals surface area contributed by atoms with E-state index in [2.05, 4.69) is 10.6 Å². The first kappa shape index (κ1) is 16.7. The van der Waals surface area contributed by atoms with Crippen LogP contribution in [0, 0.1) is 5.41 Å². The molecule has 7 heteroatoms. The molecule has 116 valence electrons.